The van der Waals surface area contributed by atoms with E-state index >= 15 is 0 Å². The van der Waals surface area contributed by atoms with Crippen LogP contribution in [0.2, 0.25) is 0 Å². The smallest absolute Gasteiger partial charge is 0.162 e. The molecule has 3 fully saturated rings. The molecule has 9 atom stereocenters. The van der Waals surface area contributed by atoms with Crippen LogP contribution in [0, 0.1) is 40.4 Å². The topological polar surface area (TPSA) is 63.6 Å². The molecule has 0 aromatic rings. The number of allylic oxidation sites excluding steroid dienone is 4. The molecule has 0 bridgehead atoms. The zero-order valence-electron chi connectivity index (χ0n) is 17.4. The highest BCUT2D eigenvalue weighted by molar-refractivity contribution is 5.97. The van der Waals surface area contributed by atoms with E-state index in [2.05, 4.69) is 26.0 Å². The van der Waals surface area contributed by atoms with Crippen LogP contribution in [0.25, 0.3) is 0 Å². The molecule has 2 unspecified atom stereocenters. The Bertz CT molecular complexity index is 811. The number of ether oxygens (including phenoxy) is 1. The van der Waals surface area contributed by atoms with Crippen molar-refractivity contribution in [1.82, 2.24) is 0 Å². The van der Waals surface area contributed by atoms with Crippen LogP contribution in [0.5, 0.6) is 0 Å². The fourth-order valence-electron chi connectivity index (χ4n) is 8.16. The number of ketones is 2. The predicted molar refractivity (Wildman–Crippen MR) is 105 cm³/mol. The first-order chi connectivity index (χ1) is 13.2. The molecule has 152 valence electrons. The van der Waals surface area contributed by atoms with Crippen LogP contribution in [0.15, 0.2) is 23.8 Å². The molecular formula is C24H32O4. The number of fused-ring (bicyclic) bond motifs is 7. The van der Waals surface area contributed by atoms with Crippen LogP contribution in [-0.4, -0.2) is 35.0 Å². The van der Waals surface area contributed by atoms with E-state index in [1.807, 2.05) is 13.0 Å². The molecule has 0 saturated heterocycles. The largest absolute Gasteiger partial charge is 0.393 e. The molecule has 0 aliphatic heterocycles. The summed E-state index contributed by atoms with van der Waals surface area (Å²) in [6.45, 7) is 8.57. The van der Waals surface area contributed by atoms with E-state index < -0.39 is 11.7 Å². The van der Waals surface area contributed by atoms with Crippen molar-refractivity contribution in [3.63, 3.8) is 0 Å². The van der Waals surface area contributed by atoms with Crippen molar-refractivity contribution < 1.29 is 19.4 Å². The maximum absolute atomic E-state index is 12.8. The quantitative estimate of drug-likeness (QED) is 0.809. The second-order valence-electron chi connectivity index (χ2n) is 10.3. The summed E-state index contributed by atoms with van der Waals surface area (Å²) in [5.41, 5.74) is -0.161. The monoisotopic (exact) mass is 384 g/mol. The van der Waals surface area contributed by atoms with Crippen molar-refractivity contribution in [2.75, 3.05) is 6.61 Å². The van der Waals surface area contributed by atoms with Crippen molar-refractivity contribution in [1.29, 1.82) is 0 Å². The lowest BCUT2D eigenvalue weighted by atomic mass is 9.46. The van der Waals surface area contributed by atoms with Gasteiger partial charge in [0.1, 0.15) is 5.60 Å². The average Bonchev–Trinajstić information content (AvgIpc) is 3.38. The normalized spacial score (nSPS) is 53.6. The zero-order chi connectivity index (χ0) is 20.1. The Morgan fingerprint density at radius 3 is 2.75 bits per heavy atom. The van der Waals surface area contributed by atoms with Crippen molar-refractivity contribution in [2.24, 2.45) is 40.4 Å². The number of rotatable bonds is 3. The summed E-state index contributed by atoms with van der Waals surface area (Å²) < 4.78 is 6.19. The lowest BCUT2D eigenvalue weighted by Crippen LogP contribution is -2.61. The van der Waals surface area contributed by atoms with E-state index in [0.29, 0.717) is 24.9 Å². The predicted octanol–water partition coefficient (Wildman–Crippen LogP) is 3.49. The molecule has 4 nitrogen and oxygen atoms in total. The first-order valence-electron chi connectivity index (χ1n) is 11.0. The van der Waals surface area contributed by atoms with Gasteiger partial charge in [-0.25, -0.2) is 0 Å². The number of carbonyl (C=O) groups excluding carboxylic acids is 2. The SMILES string of the molecule is CCO[C@]1(C(C)=O)CC[C@H]2[C@@H]3C=CC4=CC(=O)C5CC5[C@@]4(C)[C@@H]3[C@@H](O)C[C@@]21C. The van der Waals surface area contributed by atoms with Gasteiger partial charge in [0, 0.05) is 29.3 Å². The fraction of sp³-hybridized carbons (Fsp3) is 0.750. The van der Waals surface area contributed by atoms with E-state index in [-0.39, 0.29) is 40.2 Å². The van der Waals surface area contributed by atoms with Gasteiger partial charge in [0.15, 0.2) is 11.6 Å². The molecule has 3 saturated carbocycles. The van der Waals surface area contributed by atoms with Gasteiger partial charge in [0.2, 0.25) is 0 Å². The number of aliphatic hydroxyl groups is 1. The molecule has 0 radical (unpaired) electrons. The summed E-state index contributed by atoms with van der Waals surface area (Å²) in [6.07, 6.45) is 8.99. The fourth-order valence-corrected chi connectivity index (χ4v) is 8.16. The molecule has 1 N–H and O–H groups in total. The lowest BCUT2D eigenvalue weighted by Gasteiger charge is -2.59. The minimum atomic E-state index is -0.784. The standard InChI is InChI=1S/C24H32O4/c1-5-28-24(13(2)25)9-8-17-15-7-6-14-10-19(26)16-11-18(16)23(14,4)21(15)20(27)12-22(17,24)3/h6-7,10,15-18,20-21,27H,5,8-9,11-12H2,1-4H3/t15-,16?,17-,18?,20-,21-,22-,23-,24-/m0/s1. The number of Topliss-reactive ketones (excluding diaryl/α,β-unsaturated/α-hetero) is 1. The van der Waals surface area contributed by atoms with Crippen LogP contribution in [-0.2, 0) is 14.3 Å². The Morgan fingerprint density at radius 2 is 2.07 bits per heavy atom. The molecule has 5 aliphatic rings. The second kappa shape index (κ2) is 5.66. The van der Waals surface area contributed by atoms with Gasteiger partial charge < -0.3 is 9.84 Å². The molecule has 5 aliphatic carbocycles. The number of aliphatic hydroxyl groups excluding tert-OH is 1. The second-order valence-corrected chi connectivity index (χ2v) is 10.3. The molecule has 28 heavy (non-hydrogen) atoms. The molecular weight excluding hydrogens is 352 g/mol. The minimum Gasteiger partial charge on any atom is -0.393 e. The van der Waals surface area contributed by atoms with E-state index in [1.54, 1.807) is 6.92 Å². The van der Waals surface area contributed by atoms with Crippen molar-refractivity contribution in [2.45, 2.75) is 65.1 Å². The van der Waals surface area contributed by atoms with Crippen molar-refractivity contribution in [3.8, 4) is 0 Å². The van der Waals surface area contributed by atoms with Gasteiger partial charge in [-0.1, -0.05) is 26.0 Å². The molecule has 0 spiro atoms. The van der Waals surface area contributed by atoms with Gasteiger partial charge in [-0.3, -0.25) is 9.59 Å². The Kier molecular flexibility index (Phi) is 3.79. The maximum atomic E-state index is 12.8. The van der Waals surface area contributed by atoms with Gasteiger partial charge in [0.05, 0.1) is 6.10 Å². The van der Waals surface area contributed by atoms with Crippen LogP contribution in [0.1, 0.15) is 53.4 Å². The minimum absolute atomic E-state index is 0.0992. The van der Waals surface area contributed by atoms with Crippen molar-refractivity contribution >= 4 is 11.6 Å². The van der Waals surface area contributed by atoms with E-state index in [9.17, 15) is 14.7 Å². The maximum Gasteiger partial charge on any atom is 0.162 e. The summed E-state index contributed by atoms with van der Waals surface area (Å²) in [6, 6.07) is 0. The van der Waals surface area contributed by atoms with Gasteiger partial charge in [-0.05, 0) is 68.9 Å². The third-order valence-corrected chi connectivity index (χ3v) is 9.47. The van der Waals surface area contributed by atoms with E-state index in [4.69, 9.17) is 4.74 Å². The summed E-state index contributed by atoms with van der Waals surface area (Å²) in [5, 5.41) is 11.5. The molecule has 0 amide bonds. The van der Waals surface area contributed by atoms with E-state index in [0.717, 1.165) is 24.8 Å². The Balaban J connectivity index is 1.60. The number of carbonyl (C=O) groups is 2. The van der Waals surface area contributed by atoms with Crippen LogP contribution in [0.3, 0.4) is 0 Å². The molecule has 4 heteroatoms. The number of hydrogen-bond donors (Lipinski definition) is 1. The molecule has 0 aromatic heterocycles. The van der Waals surface area contributed by atoms with E-state index in [1.165, 1.54) is 0 Å². The average molecular weight is 385 g/mol. The Labute approximate surface area is 167 Å². The third kappa shape index (κ3) is 1.99. The molecule has 0 heterocycles. The third-order valence-electron chi connectivity index (χ3n) is 9.47. The zero-order valence-corrected chi connectivity index (χ0v) is 17.4. The van der Waals surface area contributed by atoms with Gasteiger partial charge >= 0.3 is 0 Å². The highest BCUT2D eigenvalue weighted by atomic mass is 16.5. The summed E-state index contributed by atoms with van der Waals surface area (Å²) in [5.74, 6) is 1.56. The highest BCUT2D eigenvalue weighted by Crippen LogP contribution is 2.71. The number of hydrogen-bond acceptors (Lipinski definition) is 4. The highest BCUT2D eigenvalue weighted by Gasteiger charge is 2.71. The van der Waals surface area contributed by atoms with Crippen molar-refractivity contribution in [3.05, 3.63) is 23.8 Å². The summed E-state index contributed by atoms with van der Waals surface area (Å²) >= 11 is 0. The Hall–Kier alpha value is -1.26. The summed E-state index contributed by atoms with van der Waals surface area (Å²) in [4.78, 5) is 25.1. The first-order valence-corrected chi connectivity index (χ1v) is 11.0. The summed E-state index contributed by atoms with van der Waals surface area (Å²) in [7, 11) is 0. The molecule has 0 aromatic carbocycles. The molecule has 5 rings (SSSR count). The van der Waals surface area contributed by atoms with Gasteiger partial charge in [0.25, 0.3) is 0 Å². The Morgan fingerprint density at radius 1 is 1.32 bits per heavy atom. The van der Waals surface area contributed by atoms with Crippen LogP contribution < -0.4 is 0 Å². The van der Waals surface area contributed by atoms with Crippen LogP contribution >= 0.6 is 0 Å². The van der Waals surface area contributed by atoms with Gasteiger partial charge in [-0.15, -0.1) is 0 Å². The van der Waals surface area contributed by atoms with Gasteiger partial charge in [-0.2, -0.15) is 0 Å². The van der Waals surface area contributed by atoms with Crippen LogP contribution in [0.4, 0.5) is 0 Å². The lowest BCUT2D eigenvalue weighted by molar-refractivity contribution is -0.185. The first kappa shape index (κ1) is 18.7.